The summed E-state index contributed by atoms with van der Waals surface area (Å²) in [6.07, 6.45) is 5.13. The van der Waals surface area contributed by atoms with Crippen LogP contribution < -0.4 is 9.62 Å². The van der Waals surface area contributed by atoms with Gasteiger partial charge in [0, 0.05) is 19.0 Å². The third-order valence-electron chi connectivity index (χ3n) is 7.21. The maximum absolute atomic E-state index is 14.1. The van der Waals surface area contributed by atoms with E-state index in [9.17, 15) is 22.4 Å². The van der Waals surface area contributed by atoms with Gasteiger partial charge >= 0.3 is 0 Å². The van der Waals surface area contributed by atoms with Crippen molar-refractivity contribution in [2.45, 2.75) is 57.7 Å². The third-order valence-corrected chi connectivity index (χ3v) is 8.35. The number of hydrogen-bond donors (Lipinski definition) is 1. The van der Waals surface area contributed by atoms with Gasteiger partial charge in [0.1, 0.15) is 18.4 Å². The summed E-state index contributed by atoms with van der Waals surface area (Å²) in [6.45, 7) is 1.38. The molecule has 1 saturated carbocycles. The zero-order valence-electron chi connectivity index (χ0n) is 22.9. The van der Waals surface area contributed by atoms with Crippen molar-refractivity contribution in [1.82, 2.24) is 10.2 Å². The number of nitrogens with one attached hydrogen (secondary N) is 1. The van der Waals surface area contributed by atoms with Gasteiger partial charge in [-0.15, -0.1) is 0 Å². The van der Waals surface area contributed by atoms with E-state index in [1.54, 1.807) is 30.3 Å². The van der Waals surface area contributed by atoms with Crippen LogP contribution in [0.2, 0.25) is 0 Å². The highest BCUT2D eigenvalue weighted by Gasteiger charge is 2.34. The number of carbonyl (C=O) groups is 2. The average molecular weight is 566 g/mol. The summed E-state index contributed by atoms with van der Waals surface area (Å²) in [5, 5.41) is 3.13. The number of aryl methyl sites for hydroxylation is 1. The number of amides is 2. The largest absolute Gasteiger partial charge is 0.352 e. The van der Waals surface area contributed by atoms with Gasteiger partial charge < -0.3 is 10.2 Å². The first-order chi connectivity index (χ1) is 19.1. The summed E-state index contributed by atoms with van der Waals surface area (Å²) in [5.74, 6) is -1.23. The zero-order valence-corrected chi connectivity index (χ0v) is 23.7. The molecule has 0 spiro atoms. The molecule has 1 N–H and O–H groups in total. The Balaban J connectivity index is 1.72. The van der Waals surface area contributed by atoms with E-state index in [1.165, 1.54) is 17.0 Å². The Bertz CT molecular complexity index is 1410. The number of anilines is 1. The van der Waals surface area contributed by atoms with Crippen molar-refractivity contribution in [1.29, 1.82) is 0 Å². The molecule has 1 atom stereocenters. The minimum atomic E-state index is -3.83. The molecule has 0 radical (unpaired) electrons. The first-order valence-electron chi connectivity index (χ1n) is 13.5. The maximum Gasteiger partial charge on any atom is 0.244 e. The molecule has 3 aromatic carbocycles. The molecule has 3 aromatic rings. The predicted molar refractivity (Wildman–Crippen MR) is 155 cm³/mol. The van der Waals surface area contributed by atoms with E-state index < -0.39 is 34.3 Å². The molecule has 1 fully saturated rings. The Kier molecular flexibility index (Phi) is 9.58. The summed E-state index contributed by atoms with van der Waals surface area (Å²) < 4.78 is 40.5. The molecule has 0 bridgehead atoms. The second-order valence-electron chi connectivity index (χ2n) is 10.5. The molecule has 0 heterocycles. The molecule has 1 aliphatic rings. The molecular weight excluding hydrogens is 529 g/mol. The fraction of sp³-hybridized carbons (Fsp3) is 0.355. The number of carbonyl (C=O) groups excluding carboxylic acids is 2. The summed E-state index contributed by atoms with van der Waals surface area (Å²) in [7, 11) is -3.83. The van der Waals surface area contributed by atoms with Gasteiger partial charge in [-0.25, -0.2) is 12.8 Å². The molecule has 212 valence electrons. The molecular formula is C31H36FN3O4S. The van der Waals surface area contributed by atoms with Crippen molar-refractivity contribution in [2.24, 2.45) is 0 Å². The molecule has 4 rings (SSSR count). The van der Waals surface area contributed by atoms with Crippen LogP contribution in [0.5, 0.6) is 0 Å². The number of sulfonamides is 1. The number of rotatable bonds is 11. The first kappa shape index (κ1) is 29.3. The lowest BCUT2D eigenvalue weighted by molar-refractivity contribution is -0.140. The van der Waals surface area contributed by atoms with Gasteiger partial charge in [0.25, 0.3) is 0 Å². The second kappa shape index (κ2) is 13.1. The van der Waals surface area contributed by atoms with Crippen LogP contribution >= 0.6 is 0 Å². The smallest absolute Gasteiger partial charge is 0.244 e. The molecule has 0 aliphatic heterocycles. The SMILES string of the molecule is Cc1cccc(N(CC(=O)N(Cc2ccc(F)cc2)C(Cc2ccccc2)C(=O)NC2CCCC2)S(C)(=O)=O)c1. The van der Waals surface area contributed by atoms with Crippen molar-refractivity contribution in [3.8, 4) is 0 Å². The first-order valence-corrected chi connectivity index (χ1v) is 15.4. The minimum Gasteiger partial charge on any atom is -0.352 e. The lowest BCUT2D eigenvalue weighted by atomic mass is 10.0. The Hall–Kier alpha value is -3.72. The summed E-state index contributed by atoms with van der Waals surface area (Å²) in [4.78, 5) is 29.3. The standard InChI is InChI=1S/C31H36FN3O4S/c1-23-9-8-14-28(19-23)35(40(2,38)39)22-30(36)34(21-25-15-17-26(32)18-16-25)29(20-24-10-4-3-5-11-24)31(37)33-27-12-6-7-13-27/h3-5,8-11,14-19,27,29H,6-7,12-13,20-22H2,1-2H3,(H,33,37). The van der Waals surface area contributed by atoms with Crippen LogP contribution in [0.3, 0.4) is 0 Å². The normalized spacial score (nSPS) is 14.5. The third kappa shape index (κ3) is 7.91. The van der Waals surface area contributed by atoms with Crippen molar-refractivity contribution in [3.05, 3.63) is 101 Å². The summed E-state index contributed by atoms with van der Waals surface area (Å²) in [6, 6.07) is 21.2. The minimum absolute atomic E-state index is 0.0140. The number of nitrogens with zero attached hydrogens (tertiary/aromatic N) is 2. The number of hydrogen-bond acceptors (Lipinski definition) is 4. The average Bonchev–Trinajstić information content (AvgIpc) is 3.43. The molecule has 1 aliphatic carbocycles. The molecule has 40 heavy (non-hydrogen) atoms. The Morgan fingerprint density at radius 2 is 1.62 bits per heavy atom. The van der Waals surface area contributed by atoms with Crippen molar-refractivity contribution in [3.63, 3.8) is 0 Å². The summed E-state index contributed by atoms with van der Waals surface area (Å²) in [5.41, 5.74) is 2.71. The predicted octanol–water partition coefficient (Wildman–Crippen LogP) is 4.60. The highest BCUT2D eigenvalue weighted by molar-refractivity contribution is 7.92. The highest BCUT2D eigenvalue weighted by atomic mass is 32.2. The van der Waals surface area contributed by atoms with Gasteiger partial charge in [-0.05, 0) is 60.7 Å². The molecule has 0 aromatic heterocycles. The monoisotopic (exact) mass is 565 g/mol. The van der Waals surface area contributed by atoms with Gasteiger partial charge in [0.05, 0.1) is 11.9 Å². The number of halogens is 1. The lowest BCUT2D eigenvalue weighted by Gasteiger charge is -2.34. The molecule has 2 amide bonds. The van der Waals surface area contributed by atoms with Crippen LogP contribution in [0.1, 0.15) is 42.4 Å². The van der Waals surface area contributed by atoms with Crippen molar-refractivity contribution >= 4 is 27.5 Å². The quantitative estimate of drug-likeness (QED) is 0.368. The van der Waals surface area contributed by atoms with Crippen LogP contribution in [-0.2, 0) is 32.6 Å². The van der Waals surface area contributed by atoms with Crippen LogP contribution in [-0.4, -0.2) is 50.0 Å². The van der Waals surface area contributed by atoms with Gasteiger partial charge in [0.2, 0.25) is 21.8 Å². The van der Waals surface area contributed by atoms with Gasteiger partial charge in [-0.2, -0.15) is 0 Å². The van der Waals surface area contributed by atoms with E-state index in [0.29, 0.717) is 11.3 Å². The van der Waals surface area contributed by atoms with Crippen LogP contribution in [0.25, 0.3) is 0 Å². The maximum atomic E-state index is 14.1. The molecule has 7 nitrogen and oxygen atoms in total. The van der Waals surface area contributed by atoms with Gasteiger partial charge in [-0.1, -0.05) is 67.4 Å². The van der Waals surface area contributed by atoms with Crippen LogP contribution in [0, 0.1) is 12.7 Å². The van der Waals surface area contributed by atoms with E-state index in [0.717, 1.165) is 47.4 Å². The fourth-order valence-electron chi connectivity index (χ4n) is 5.10. The van der Waals surface area contributed by atoms with Crippen LogP contribution in [0.4, 0.5) is 10.1 Å². The Morgan fingerprint density at radius 3 is 2.25 bits per heavy atom. The highest BCUT2D eigenvalue weighted by Crippen LogP contribution is 2.23. The van der Waals surface area contributed by atoms with E-state index >= 15 is 0 Å². The Labute approximate surface area is 236 Å². The van der Waals surface area contributed by atoms with Crippen molar-refractivity contribution in [2.75, 3.05) is 17.1 Å². The second-order valence-corrected chi connectivity index (χ2v) is 12.4. The topological polar surface area (TPSA) is 86.8 Å². The zero-order chi connectivity index (χ0) is 28.7. The number of benzene rings is 3. The van der Waals surface area contributed by atoms with E-state index in [1.807, 2.05) is 43.3 Å². The molecule has 9 heteroatoms. The molecule has 0 saturated heterocycles. The van der Waals surface area contributed by atoms with Gasteiger partial charge in [0.15, 0.2) is 0 Å². The molecule has 1 unspecified atom stereocenters. The Morgan fingerprint density at radius 1 is 0.950 bits per heavy atom. The van der Waals surface area contributed by atoms with E-state index in [2.05, 4.69) is 5.32 Å². The van der Waals surface area contributed by atoms with E-state index in [-0.39, 0.29) is 24.9 Å². The van der Waals surface area contributed by atoms with Crippen molar-refractivity contribution < 1.29 is 22.4 Å². The van der Waals surface area contributed by atoms with E-state index in [4.69, 9.17) is 0 Å². The fourth-order valence-corrected chi connectivity index (χ4v) is 5.95. The van der Waals surface area contributed by atoms with Gasteiger partial charge in [-0.3, -0.25) is 13.9 Å². The lowest BCUT2D eigenvalue weighted by Crippen LogP contribution is -2.54. The summed E-state index contributed by atoms with van der Waals surface area (Å²) >= 11 is 0. The van der Waals surface area contributed by atoms with Crippen LogP contribution in [0.15, 0.2) is 78.9 Å².